The zero-order valence-electron chi connectivity index (χ0n) is 17.8. The van der Waals surface area contributed by atoms with Crippen LogP contribution in [0.1, 0.15) is 20.9 Å². The first-order valence-electron chi connectivity index (χ1n) is 10.2. The lowest BCUT2D eigenvalue weighted by atomic mass is 10.2. The first-order valence-corrected chi connectivity index (χ1v) is 10.2. The van der Waals surface area contributed by atoms with Gasteiger partial charge in [0.15, 0.2) is 5.76 Å². The van der Waals surface area contributed by atoms with E-state index in [1.54, 1.807) is 47.4 Å². The summed E-state index contributed by atoms with van der Waals surface area (Å²) in [6, 6.07) is 11.5. The molecule has 0 bridgehead atoms. The molecule has 33 heavy (non-hydrogen) atoms. The zero-order chi connectivity index (χ0) is 23.4. The van der Waals surface area contributed by atoms with Crippen molar-refractivity contribution in [2.45, 2.75) is 0 Å². The van der Waals surface area contributed by atoms with Crippen molar-refractivity contribution in [3.05, 3.63) is 71.8 Å². The molecule has 0 radical (unpaired) electrons. The second-order valence-electron chi connectivity index (χ2n) is 7.30. The number of benzene rings is 1. The molecular weight excluding hydrogens is 430 g/mol. The van der Waals surface area contributed by atoms with Crippen LogP contribution in [0.3, 0.4) is 0 Å². The molecule has 4 rings (SSSR count). The lowest BCUT2D eigenvalue weighted by Gasteiger charge is -2.34. The van der Waals surface area contributed by atoms with Gasteiger partial charge < -0.3 is 19.1 Å². The van der Waals surface area contributed by atoms with Crippen molar-refractivity contribution in [1.82, 2.24) is 20.4 Å². The highest BCUT2D eigenvalue weighted by molar-refractivity contribution is 6.45. The largest absolute Gasteiger partial charge is 0.459 e. The van der Waals surface area contributed by atoms with Crippen molar-refractivity contribution in [2.24, 2.45) is 4.99 Å². The summed E-state index contributed by atoms with van der Waals surface area (Å²) < 4.78 is 5.15. The maximum atomic E-state index is 13.3. The minimum Gasteiger partial charge on any atom is -0.459 e. The molecule has 3 heterocycles. The predicted octanol–water partition coefficient (Wildman–Crippen LogP) is 0.638. The van der Waals surface area contributed by atoms with Crippen molar-refractivity contribution >= 4 is 29.4 Å². The second-order valence-corrected chi connectivity index (χ2v) is 7.30. The van der Waals surface area contributed by atoms with Gasteiger partial charge >= 0.3 is 5.97 Å². The molecular formula is C22H21N5O6. The van der Waals surface area contributed by atoms with Gasteiger partial charge in [0, 0.05) is 44.9 Å². The summed E-state index contributed by atoms with van der Waals surface area (Å²) >= 11 is 0. The Hall–Kier alpha value is -4.25. The predicted molar refractivity (Wildman–Crippen MR) is 114 cm³/mol. The Labute approximate surface area is 188 Å². The Kier molecular flexibility index (Phi) is 6.31. The molecule has 11 nitrogen and oxygen atoms in total. The summed E-state index contributed by atoms with van der Waals surface area (Å²) in [7, 11) is 1.52. The number of carbonyl (C=O) groups is 4. The number of likely N-dealkylation sites (N-methyl/N-ethyl adjacent to an activating group) is 1. The quantitative estimate of drug-likeness (QED) is 0.530. The number of amides is 3. The third-order valence-electron chi connectivity index (χ3n) is 5.17. The molecule has 2 saturated heterocycles. The number of aliphatic imine (C=N–C) groups is 1. The van der Waals surface area contributed by atoms with Gasteiger partial charge in [0.05, 0.1) is 6.26 Å². The molecule has 0 atom stereocenters. The van der Waals surface area contributed by atoms with E-state index in [0.717, 1.165) is 0 Å². The highest BCUT2D eigenvalue weighted by Crippen LogP contribution is 2.13. The summed E-state index contributed by atoms with van der Waals surface area (Å²) in [5.41, 5.74) is 2.47. The van der Waals surface area contributed by atoms with Crippen molar-refractivity contribution in [3.63, 3.8) is 0 Å². The van der Waals surface area contributed by atoms with Gasteiger partial charge in [0.2, 0.25) is 0 Å². The summed E-state index contributed by atoms with van der Waals surface area (Å²) in [5.74, 6) is -1.90. The first kappa shape index (κ1) is 22.0. The van der Waals surface area contributed by atoms with Crippen molar-refractivity contribution in [3.8, 4) is 0 Å². The van der Waals surface area contributed by atoms with Crippen molar-refractivity contribution in [2.75, 3.05) is 33.2 Å². The SMILES string of the molecule is CN1NOC(=O)/C1=C\C(=NC(=O)c1ccccc1)C(=O)N1CCN(C(=O)c2ccco2)CC1. The Morgan fingerprint density at radius 3 is 2.30 bits per heavy atom. The van der Waals surface area contributed by atoms with Gasteiger partial charge in [0.25, 0.3) is 17.7 Å². The molecule has 1 aromatic heterocycles. The van der Waals surface area contributed by atoms with Crippen LogP contribution in [-0.4, -0.2) is 77.4 Å². The number of hydrogen-bond donors (Lipinski definition) is 1. The van der Waals surface area contributed by atoms with E-state index in [1.165, 1.54) is 29.3 Å². The van der Waals surface area contributed by atoms with Crippen LogP contribution in [0.25, 0.3) is 0 Å². The van der Waals surface area contributed by atoms with Crippen LogP contribution in [0.2, 0.25) is 0 Å². The molecule has 2 fully saturated rings. The zero-order valence-corrected chi connectivity index (χ0v) is 17.8. The van der Waals surface area contributed by atoms with Gasteiger partial charge in [-0.15, -0.1) is 0 Å². The maximum absolute atomic E-state index is 13.3. The highest BCUT2D eigenvalue weighted by Gasteiger charge is 2.31. The Balaban J connectivity index is 1.54. The molecule has 0 aliphatic carbocycles. The number of furan rings is 1. The van der Waals surface area contributed by atoms with Crippen LogP contribution >= 0.6 is 0 Å². The smallest absolute Gasteiger partial charge is 0.376 e. The number of rotatable bonds is 4. The van der Waals surface area contributed by atoms with Crippen LogP contribution in [0.15, 0.2) is 69.9 Å². The Morgan fingerprint density at radius 2 is 1.70 bits per heavy atom. The number of carbonyl (C=O) groups excluding carboxylic acids is 4. The highest BCUT2D eigenvalue weighted by atomic mass is 16.7. The minimum absolute atomic E-state index is 0.0228. The molecule has 3 amide bonds. The first-order chi connectivity index (χ1) is 15.9. The number of hydrazine groups is 1. The third kappa shape index (κ3) is 4.83. The van der Waals surface area contributed by atoms with Crippen molar-refractivity contribution in [1.29, 1.82) is 0 Å². The average molecular weight is 451 g/mol. The van der Waals surface area contributed by atoms with E-state index in [0.29, 0.717) is 5.56 Å². The number of nitrogens with zero attached hydrogens (tertiary/aromatic N) is 4. The summed E-state index contributed by atoms with van der Waals surface area (Å²) in [6.07, 6.45) is 2.64. The monoisotopic (exact) mass is 451 g/mol. The van der Waals surface area contributed by atoms with Crippen LogP contribution in [0.4, 0.5) is 0 Å². The molecule has 1 aromatic carbocycles. The van der Waals surface area contributed by atoms with Crippen LogP contribution in [0.5, 0.6) is 0 Å². The molecule has 0 unspecified atom stereocenters. The summed E-state index contributed by atoms with van der Waals surface area (Å²) in [6.45, 7) is 1.02. The minimum atomic E-state index is -0.709. The van der Waals surface area contributed by atoms with Gasteiger partial charge in [0.1, 0.15) is 11.4 Å². The van der Waals surface area contributed by atoms with E-state index >= 15 is 0 Å². The summed E-state index contributed by atoms with van der Waals surface area (Å²) in [5, 5.41) is 1.28. The number of piperazine rings is 1. The molecule has 170 valence electrons. The standard InChI is InChI=1S/C22H21N5O6/c1-25-17(22(31)33-24-25)14-16(23-19(28)15-6-3-2-4-7-15)20(29)26-9-11-27(12-10-26)21(30)18-8-5-13-32-18/h2-8,13-14,24H,9-12H2,1H3/b17-14+,23-16?. The van der Waals surface area contributed by atoms with Crippen LogP contribution in [-0.2, 0) is 14.4 Å². The lowest BCUT2D eigenvalue weighted by molar-refractivity contribution is -0.142. The molecule has 2 aliphatic heterocycles. The van der Waals surface area contributed by atoms with Gasteiger partial charge in [-0.05, 0) is 24.3 Å². The van der Waals surface area contributed by atoms with E-state index in [4.69, 9.17) is 9.25 Å². The fraction of sp³-hybridized carbons (Fsp3) is 0.227. The average Bonchev–Trinajstić information content (AvgIpc) is 3.49. The molecule has 2 aromatic rings. The normalized spacial score (nSPS) is 18.0. The van der Waals surface area contributed by atoms with E-state index in [9.17, 15) is 19.2 Å². The van der Waals surface area contributed by atoms with Crippen LogP contribution in [0, 0.1) is 0 Å². The Morgan fingerprint density at radius 1 is 1.00 bits per heavy atom. The van der Waals surface area contributed by atoms with Crippen molar-refractivity contribution < 1.29 is 28.4 Å². The third-order valence-corrected chi connectivity index (χ3v) is 5.17. The van der Waals surface area contributed by atoms with E-state index in [1.807, 2.05) is 0 Å². The Bertz CT molecular complexity index is 1120. The maximum Gasteiger partial charge on any atom is 0.376 e. The number of nitrogens with one attached hydrogen (secondary N) is 1. The van der Waals surface area contributed by atoms with Gasteiger partial charge in [-0.3, -0.25) is 19.4 Å². The fourth-order valence-corrected chi connectivity index (χ4v) is 3.36. The van der Waals surface area contributed by atoms with E-state index in [2.05, 4.69) is 10.6 Å². The molecule has 0 saturated carbocycles. The van der Waals surface area contributed by atoms with Gasteiger partial charge in [-0.25, -0.2) is 9.79 Å². The lowest BCUT2D eigenvalue weighted by Crippen LogP contribution is -2.52. The molecule has 0 spiro atoms. The van der Waals surface area contributed by atoms with Gasteiger partial charge in [-0.1, -0.05) is 23.8 Å². The van der Waals surface area contributed by atoms with Gasteiger partial charge in [-0.2, -0.15) is 0 Å². The molecule has 2 aliphatic rings. The fourth-order valence-electron chi connectivity index (χ4n) is 3.36. The van der Waals surface area contributed by atoms with E-state index in [-0.39, 0.29) is 49.3 Å². The van der Waals surface area contributed by atoms with E-state index < -0.39 is 17.8 Å². The second kappa shape index (κ2) is 9.49. The molecule has 11 heteroatoms. The van der Waals surface area contributed by atoms with Crippen LogP contribution < -0.4 is 5.59 Å². The molecule has 1 N–H and O–H groups in total. The number of hydrogen-bond acceptors (Lipinski definition) is 8. The topological polar surface area (TPSA) is 125 Å². The summed E-state index contributed by atoms with van der Waals surface area (Å²) in [4.78, 5) is 62.2.